The molecule has 1 rings (SSSR count). The van der Waals surface area contributed by atoms with E-state index < -0.39 is 0 Å². The van der Waals surface area contributed by atoms with Crippen molar-refractivity contribution in [2.45, 2.75) is 32.2 Å². The number of methoxy groups -OCH3 is 1. The largest absolute Gasteiger partial charge is 0.497 e. The van der Waals surface area contributed by atoms with Gasteiger partial charge in [0, 0.05) is 13.0 Å². The molecule has 4 nitrogen and oxygen atoms in total. The van der Waals surface area contributed by atoms with E-state index in [-0.39, 0.29) is 5.91 Å². The first-order valence-electron chi connectivity index (χ1n) is 6.36. The highest BCUT2D eigenvalue weighted by molar-refractivity contribution is 5.75. The highest BCUT2D eigenvalue weighted by Gasteiger charge is 2.01. The van der Waals surface area contributed by atoms with Crippen molar-refractivity contribution in [3.8, 4) is 5.75 Å². The van der Waals surface area contributed by atoms with Gasteiger partial charge in [0.15, 0.2) is 0 Å². The van der Waals surface area contributed by atoms with E-state index in [1.54, 1.807) is 7.11 Å². The second kappa shape index (κ2) is 8.53. The first-order chi connectivity index (χ1) is 8.76. The Morgan fingerprint density at radius 3 is 2.56 bits per heavy atom. The molecule has 0 bridgehead atoms. The van der Waals surface area contributed by atoms with Crippen LogP contribution < -0.4 is 15.8 Å². The molecule has 0 aromatic heterocycles. The zero-order valence-corrected chi connectivity index (χ0v) is 10.9. The number of hydrogen-bond donors (Lipinski definition) is 2. The van der Waals surface area contributed by atoms with E-state index in [4.69, 9.17) is 10.5 Å². The van der Waals surface area contributed by atoms with Crippen LogP contribution >= 0.6 is 0 Å². The van der Waals surface area contributed by atoms with Gasteiger partial charge in [-0.25, -0.2) is 0 Å². The van der Waals surface area contributed by atoms with Crippen molar-refractivity contribution in [2.24, 2.45) is 5.73 Å². The van der Waals surface area contributed by atoms with Crippen LogP contribution in [0.3, 0.4) is 0 Å². The summed E-state index contributed by atoms with van der Waals surface area (Å²) in [4.78, 5) is 11.5. The van der Waals surface area contributed by atoms with Crippen molar-refractivity contribution < 1.29 is 9.53 Å². The Morgan fingerprint density at radius 1 is 1.22 bits per heavy atom. The molecule has 1 amide bonds. The number of unbranched alkanes of at least 4 members (excludes halogenated alkanes) is 2. The number of amides is 1. The molecule has 4 heteroatoms. The van der Waals surface area contributed by atoms with Crippen LogP contribution in [0.5, 0.6) is 5.75 Å². The molecule has 100 valence electrons. The molecule has 1 aromatic carbocycles. The Hall–Kier alpha value is -1.55. The SMILES string of the molecule is COc1ccc(CNC(=O)CCCCCN)cc1. The molecule has 18 heavy (non-hydrogen) atoms. The minimum atomic E-state index is 0.0999. The van der Waals surface area contributed by atoms with Gasteiger partial charge >= 0.3 is 0 Å². The smallest absolute Gasteiger partial charge is 0.220 e. The lowest BCUT2D eigenvalue weighted by Gasteiger charge is -2.06. The second-order valence-corrected chi connectivity index (χ2v) is 4.22. The molecule has 0 heterocycles. The summed E-state index contributed by atoms with van der Waals surface area (Å²) in [6.45, 7) is 1.27. The number of rotatable bonds is 8. The van der Waals surface area contributed by atoms with Crippen LogP contribution in [0.4, 0.5) is 0 Å². The average Bonchev–Trinajstić information content (AvgIpc) is 2.42. The minimum absolute atomic E-state index is 0.0999. The number of nitrogens with one attached hydrogen (secondary N) is 1. The van der Waals surface area contributed by atoms with Crippen molar-refractivity contribution in [3.05, 3.63) is 29.8 Å². The predicted octanol–water partition coefficient (Wildman–Crippen LogP) is 1.83. The molecule has 0 spiro atoms. The zero-order chi connectivity index (χ0) is 13.2. The van der Waals surface area contributed by atoms with E-state index >= 15 is 0 Å². The van der Waals surface area contributed by atoms with Crippen LogP contribution in [0.15, 0.2) is 24.3 Å². The molecule has 0 aliphatic rings. The fraction of sp³-hybridized carbons (Fsp3) is 0.500. The number of carbonyl (C=O) groups is 1. The third kappa shape index (κ3) is 5.68. The van der Waals surface area contributed by atoms with Crippen LogP contribution in [-0.4, -0.2) is 19.6 Å². The van der Waals surface area contributed by atoms with Crippen LogP contribution in [0.2, 0.25) is 0 Å². The summed E-state index contributed by atoms with van der Waals surface area (Å²) in [5.41, 5.74) is 6.47. The summed E-state index contributed by atoms with van der Waals surface area (Å²) in [5.74, 6) is 0.926. The molecular weight excluding hydrogens is 228 g/mol. The maximum absolute atomic E-state index is 11.5. The monoisotopic (exact) mass is 250 g/mol. The van der Waals surface area contributed by atoms with E-state index in [0.717, 1.165) is 30.6 Å². The fourth-order valence-corrected chi connectivity index (χ4v) is 1.64. The topological polar surface area (TPSA) is 64.3 Å². The summed E-state index contributed by atoms with van der Waals surface area (Å²) >= 11 is 0. The normalized spacial score (nSPS) is 10.1. The number of carbonyl (C=O) groups excluding carboxylic acids is 1. The molecule has 0 aliphatic heterocycles. The number of nitrogens with two attached hydrogens (primary N) is 1. The fourth-order valence-electron chi connectivity index (χ4n) is 1.64. The Balaban J connectivity index is 2.20. The lowest BCUT2D eigenvalue weighted by molar-refractivity contribution is -0.121. The second-order valence-electron chi connectivity index (χ2n) is 4.22. The van der Waals surface area contributed by atoms with Crippen LogP contribution in [0.1, 0.15) is 31.2 Å². The highest BCUT2D eigenvalue weighted by Crippen LogP contribution is 2.11. The van der Waals surface area contributed by atoms with Gasteiger partial charge in [-0.05, 0) is 37.1 Å². The summed E-state index contributed by atoms with van der Waals surface area (Å²) < 4.78 is 5.07. The lowest BCUT2D eigenvalue weighted by atomic mass is 10.2. The quantitative estimate of drug-likeness (QED) is 0.692. The average molecular weight is 250 g/mol. The van der Waals surface area contributed by atoms with Crippen LogP contribution in [0.25, 0.3) is 0 Å². The molecule has 0 unspecified atom stereocenters. The van der Waals surface area contributed by atoms with Crippen molar-refractivity contribution in [1.29, 1.82) is 0 Å². The third-order valence-electron chi connectivity index (χ3n) is 2.76. The van der Waals surface area contributed by atoms with Gasteiger partial charge in [0.1, 0.15) is 5.75 Å². The van der Waals surface area contributed by atoms with E-state index in [1.165, 1.54) is 0 Å². The van der Waals surface area contributed by atoms with Gasteiger partial charge in [-0.1, -0.05) is 18.6 Å². The maximum atomic E-state index is 11.5. The lowest BCUT2D eigenvalue weighted by Crippen LogP contribution is -2.22. The Bertz CT molecular complexity index is 349. The van der Waals surface area contributed by atoms with Crippen molar-refractivity contribution in [2.75, 3.05) is 13.7 Å². The maximum Gasteiger partial charge on any atom is 0.220 e. The zero-order valence-electron chi connectivity index (χ0n) is 10.9. The van der Waals surface area contributed by atoms with Crippen LogP contribution in [0, 0.1) is 0 Å². The molecule has 0 aliphatic carbocycles. The van der Waals surface area contributed by atoms with Crippen molar-refractivity contribution in [3.63, 3.8) is 0 Å². The van der Waals surface area contributed by atoms with Gasteiger partial charge in [0.05, 0.1) is 7.11 Å². The van der Waals surface area contributed by atoms with Gasteiger partial charge in [0.25, 0.3) is 0 Å². The van der Waals surface area contributed by atoms with Crippen LogP contribution in [-0.2, 0) is 11.3 Å². The van der Waals surface area contributed by atoms with Gasteiger partial charge < -0.3 is 15.8 Å². The van der Waals surface area contributed by atoms with Gasteiger partial charge in [0.2, 0.25) is 5.91 Å². The molecular formula is C14H22N2O2. The molecule has 0 fully saturated rings. The van der Waals surface area contributed by atoms with E-state index in [9.17, 15) is 4.79 Å². The Morgan fingerprint density at radius 2 is 1.94 bits per heavy atom. The van der Waals surface area contributed by atoms with E-state index in [0.29, 0.717) is 19.5 Å². The third-order valence-corrected chi connectivity index (χ3v) is 2.76. The van der Waals surface area contributed by atoms with Gasteiger partial charge in [-0.2, -0.15) is 0 Å². The summed E-state index contributed by atoms with van der Waals surface area (Å²) in [5, 5.41) is 2.90. The molecule has 1 aromatic rings. The highest BCUT2D eigenvalue weighted by atomic mass is 16.5. The molecule has 0 radical (unpaired) electrons. The summed E-state index contributed by atoms with van der Waals surface area (Å²) in [6.07, 6.45) is 3.50. The first-order valence-corrected chi connectivity index (χ1v) is 6.36. The molecule has 0 saturated carbocycles. The number of ether oxygens (including phenoxy) is 1. The van der Waals surface area contributed by atoms with E-state index in [1.807, 2.05) is 24.3 Å². The minimum Gasteiger partial charge on any atom is -0.497 e. The number of benzene rings is 1. The Kier molecular flexibility index (Phi) is 6.87. The predicted molar refractivity (Wildman–Crippen MR) is 72.4 cm³/mol. The summed E-state index contributed by atoms with van der Waals surface area (Å²) in [6, 6.07) is 7.69. The molecule has 0 saturated heterocycles. The number of hydrogen-bond acceptors (Lipinski definition) is 3. The van der Waals surface area contributed by atoms with Gasteiger partial charge in [-0.15, -0.1) is 0 Å². The first kappa shape index (κ1) is 14.5. The summed E-state index contributed by atoms with van der Waals surface area (Å²) in [7, 11) is 1.64. The van der Waals surface area contributed by atoms with E-state index in [2.05, 4.69) is 5.32 Å². The van der Waals surface area contributed by atoms with Crippen molar-refractivity contribution in [1.82, 2.24) is 5.32 Å². The molecule has 0 atom stereocenters. The molecule has 3 N–H and O–H groups in total. The van der Waals surface area contributed by atoms with Crippen molar-refractivity contribution >= 4 is 5.91 Å². The van der Waals surface area contributed by atoms with Gasteiger partial charge in [-0.3, -0.25) is 4.79 Å². The Labute approximate surface area is 109 Å². The standard InChI is InChI=1S/C14H22N2O2/c1-18-13-8-6-12(7-9-13)11-16-14(17)5-3-2-4-10-15/h6-9H,2-5,10-11,15H2,1H3,(H,16,17).